The second-order valence-electron chi connectivity index (χ2n) is 3.23. The fraction of sp³-hybridized carbons (Fsp3) is 0.222. The van der Waals surface area contributed by atoms with Gasteiger partial charge in [-0.3, -0.25) is 15.4 Å². The lowest BCUT2D eigenvalue weighted by molar-refractivity contribution is -0.384. The number of carbonyl (C=O) groups is 1. The largest absolute Gasteiger partial charge is 0.440 e. The number of nitrogens with one attached hydrogen (secondary N) is 1. The predicted octanol–water partition coefficient (Wildman–Crippen LogP) is 3.47. The topological polar surface area (TPSA) is 81.5 Å². The van der Waals surface area contributed by atoms with Gasteiger partial charge in [0.15, 0.2) is 6.61 Å². The molecule has 19 heavy (non-hydrogen) atoms. The summed E-state index contributed by atoms with van der Waals surface area (Å²) < 4.78 is 39.6. The number of amides is 1. The van der Waals surface area contributed by atoms with Gasteiger partial charge in [0.2, 0.25) is 0 Å². The molecule has 0 spiro atoms. The second-order valence-corrected chi connectivity index (χ2v) is 4.15. The van der Waals surface area contributed by atoms with E-state index in [1.165, 1.54) is 6.07 Å². The molecule has 0 atom stereocenters. The van der Waals surface area contributed by atoms with Crippen molar-refractivity contribution >= 4 is 33.4 Å². The number of hydrogen-bond donors (Lipinski definition) is 1. The van der Waals surface area contributed by atoms with Gasteiger partial charge in [-0.15, -0.1) is 0 Å². The van der Waals surface area contributed by atoms with Crippen LogP contribution in [-0.2, 0) is 4.74 Å². The van der Waals surface area contributed by atoms with Gasteiger partial charge in [0, 0.05) is 10.5 Å². The van der Waals surface area contributed by atoms with Crippen LogP contribution in [-0.4, -0.2) is 23.8 Å². The lowest BCUT2D eigenvalue weighted by Crippen LogP contribution is -2.23. The molecule has 0 aromatic heterocycles. The lowest BCUT2D eigenvalue weighted by atomic mass is 10.3. The Labute approximate surface area is 112 Å². The average molecular weight is 343 g/mol. The molecule has 1 aromatic carbocycles. The zero-order valence-corrected chi connectivity index (χ0v) is 10.6. The Morgan fingerprint density at radius 3 is 2.63 bits per heavy atom. The molecule has 1 rings (SSSR count). The zero-order chi connectivity index (χ0) is 14.6. The van der Waals surface area contributed by atoms with Crippen LogP contribution in [0.5, 0.6) is 0 Å². The van der Waals surface area contributed by atoms with Gasteiger partial charge in [0.1, 0.15) is 5.69 Å². The number of nitrogens with zero attached hydrogens (tertiary/aromatic N) is 1. The highest BCUT2D eigenvalue weighted by molar-refractivity contribution is 9.10. The van der Waals surface area contributed by atoms with Crippen LogP contribution in [0.4, 0.5) is 29.3 Å². The fourth-order valence-corrected chi connectivity index (χ4v) is 1.40. The molecule has 1 aromatic rings. The van der Waals surface area contributed by atoms with E-state index >= 15 is 0 Å². The van der Waals surface area contributed by atoms with Crippen molar-refractivity contribution in [1.82, 2.24) is 0 Å². The minimum absolute atomic E-state index is 0.264. The summed E-state index contributed by atoms with van der Waals surface area (Å²) in [4.78, 5) is 20.9. The maximum absolute atomic E-state index is 11.8. The molecular weight excluding hydrogens is 337 g/mol. The number of rotatable bonds is 3. The first-order chi connectivity index (χ1) is 8.69. The van der Waals surface area contributed by atoms with E-state index in [2.05, 4.69) is 20.7 Å². The Bertz CT molecular complexity index is 507. The number of alkyl halides is 3. The predicted molar refractivity (Wildman–Crippen MR) is 61.8 cm³/mol. The van der Waals surface area contributed by atoms with Gasteiger partial charge < -0.3 is 4.74 Å². The Morgan fingerprint density at radius 2 is 2.11 bits per heavy atom. The Balaban J connectivity index is 2.77. The summed E-state index contributed by atoms with van der Waals surface area (Å²) in [7, 11) is 0. The van der Waals surface area contributed by atoms with Gasteiger partial charge in [-0.2, -0.15) is 13.2 Å². The van der Waals surface area contributed by atoms with Crippen LogP contribution in [0.1, 0.15) is 0 Å². The molecule has 0 heterocycles. The van der Waals surface area contributed by atoms with E-state index in [9.17, 15) is 28.1 Å². The highest BCUT2D eigenvalue weighted by Gasteiger charge is 2.30. The molecule has 0 aliphatic heterocycles. The molecule has 0 saturated carbocycles. The molecule has 0 aliphatic rings. The van der Waals surface area contributed by atoms with Crippen LogP contribution in [0.3, 0.4) is 0 Å². The first-order valence-corrected chi connectivity index (χ1v) is 5.43. The van der Waals surface area contributed by atoms with E-state index in [1.54, 1.807) is 0 Å². The summed E-state index contributed by atoms with van der Waals surface area (Å²) in [6.07, 6.45) is -6.09. The minimum atomic E-state index is -4.66. The minimum Gasteiger partial charge on any atom is -0.440 e. The molecule has 0 aliphatic carbocycles. The second kappa shape index (κ2) is 5.87. The molecule has 0 radical (unpaired) electrons. The van der Waals surface area contributed by atoms with Crippen molar-refractivity contribution in [3.8, 4) is 0 Å². The van der Waals surface area contributed by atoms with E-state index in [0.717, 1.165) is 12.1 Å². The van der Waals surface area contributed by atoms with Crippen LogP contribution < -0.4 is 5.32 Å². The highest BCUT2D eigenvalue weighted by Crippen LogP contribution is 2.28. The molecule has 6 nitrogen and oxygen atoms in total. The number of halogens is 4. The molecule has 10 heteroatoms. The monoisotopic (exact) mass is 342 g/mol. The molecule has 0 unspecified atom stereocenters. The number of nitro benzene ring substituents is 1. The summed E-state index contributed by atoms with van der Waals surface area (Å²) in [5.74, 6) is 0. The molecule has 104 valence electrons. The van der Waals surface area contributed by atoms with Crippen LogP contribution in [0, 0.1) is 10.1 Å². The molecule has 1 N–H and O–H groups in total. The quantitative estimate of drug-likeness (QED) is 0.673. The summed E-state index contributed by atoms with van der Waals surface area (Å²) in [5, 5.41) is 12.6. The SMILES string of the molecule is O=C(Nc1ccc(Br)cc1[N+](=O)[O-])OCC(F)(F)F. The summed E-state index contributed by atoms with van der Waals surface area (Å²) in [5.41, 5.74) is -0.737. The van der Waals surface area contributed by atoms with Crippen LogP contribution in [0.15, 0.2) is 22.7 Å². The average Bonchev–Trinajstić information content (AvgIpc) is 2.28. The molecule has 0 bridgehead atoms. The summed E-state index contributed by atoms with van der Waals surface area (Å²) in [6.45, 7) is -1.77. The number of benzene rings is 1. The highest BCUT2D eigenvalue weighted by atomic mass is 79.9. The number of carbonyl (C=O) groups excluding carboxylic acids is 1. The van der Waals surface area contributed by atoms with Crippen molar-refractivity contribution in [1.29, 1.82) is 0 Å². The van der Waals surface area contributed by atoms with Crippen LogP contribution in [0.25, 0.3) is 0 Å². The van der Waals surface area contributed by atoms with Crippen molar-refractivity contribution in [2.75, 3.05) is 11.9 Å². The Hall–Kier alpha value is -1.84. The van der Waals surface area contributed by atoms with Gasteiger partial charge in [-0.25, -0.2) is 4.79 Å². The normalized spacial score (nSPS) is 10.9. The van der Waals surface area contributed by atoms with Crippen molar-refractivity contribution in [2.45, 2.75) is 6.18 Å². The fourth-order valence-electron chi connectivity index (χ4n) is 1.05. The summed E-state index contributed by atoms with van der Waals surface area (Å²) >= 11 is 2.99. The van der Waals surface area contributed by atoms with E-state index < -0.39 is 29.5 Å². The maximum atomic E-state index is 11.8. The van der Waals surface area contributed by atoms with Crippen molar-refractivity contribution in [3.05, 3.63) is 32.8 Å². The Kier molecular flexibility index (Phi) is 4.70. The van der Waals surface area contributed by atoms with Crippen LogP contribution >= 0.6 is 15.9 Å². The van der Waals surface area contributed by atoms with Crippen molar-refractivity contribution in [2.24, 2.45) is 0 Å². The van der Waals surface area contributed by atoms with Gasteiger partial charge >= 0.3 is 12.3 Å². The molecule has 0 saturated heterocycles. The third kappa shape index (κ3) is 5.12. The number of hydrogen-bond acceptors (Lipinski definition) is 4. The van der Waals surface area contributed by atoms with Gasteiger partial charge in [-0.05, 0) is 12.1 Å². The standard InChI is InChI=1S/C9H6BrF3N2O4/c10-5-1-2-6(7(3-5)15(17)18)14-8(16)19-4-9(11,12)13/h1-3H,4H2,(H,14,16). The smallest absolute Gasteiger partial charge is 0.422 e. The van der Waals surface area contributed by atoms with E-state index in [0.29, 0.717) is 4.47 Å². The van der Waals surface area contributed by atoms with E-state index in [4.69, 9.17) is 0 Å². The van der Waals surface area contributed by atoms with Crippen molar-refractivity contribution in [3.63, 3.8) is 0 Å². The number of anilines is 1. The van der Waals surface area contributed by atoms with E-state index in [-0.39, 0.29) is 5.69 Å². The Morgan fingerprint density at radius 1 is 1.47 bits per heavy atom. The molecule has 1 amide bonds. The number of nitro groups is 1. The maximum Gasteiger partial charge on any atom is 0.422 e. The third-order valence-electron chi connectivity index (χ3n) is 1.76. The van der Waals surface area contributed by atoms with Crippen molar-refractivity contribution < 1.29 is 27.6 Å². The van der Waals surface area contributed by atoms with Gasteiger partial charge in [-0.1, -0.05) is 15.9 Å². The van der Waals surface area contributed by atoms with E-state index in [1.807, 2.05) is 5.32 Å². The van der Waals surface area contributed by atoms with Gasteiger partial charge in [0.25, 0.3) is 5.69 Å². The molecule has 0 fully saturated rings. The summed E-state index contributed by atoms with van der Waals surface area (Å²) in [6, 6.07) is 3.64. The van der Waals surface area contributed by atoms with Crippen LogP contribution in [0.2, 0.25) is 0 Å². The molecular formula is C9H6BrF3N2O4. The van der Waals surface area contributed by atoms with Gasteiger partial charge in [0.05, 0.1) is 4.92 Å². The lowest BCUT2D eigenvalue weighted by Gasteiger charge is -2.09. The third-order valence-corrected chi connectivity index (χ3v) is 2.25. The zero-order valence-electron chi connectivity index (χ0n) is 9.03. The first-order valence-electron chi connectivity index (χ1n) is 4.63. The number of ether oxygens (including phenoxy) is 1. The first kappa shape index (κ1) is 15.2.